The van der Waals surface area contributed by atoms with Crippen molar-refractivity contribution in [2.75, 3.05) is 6.54 Å². The maximum Gasteiger partial charge on any atom is 0.237 e. The van der Waals surface area contributed by atoms with Gasteiger partial charge in [-0.25, -0.2) is 0 Å². The van der Waals surface area contributed by atoms with Crippen LogP contribution in [0.5, 0.6) is 5.75 Å². The predicted molar refractivity (Wildman–Crippen MR) is 80.8 cm³/mol. The Morgan fingerprint density at radius 1 is 1.24 bits per heavy atom. The van der Waals surface area contributed by atoms with Crippen molar-refractivity contribution in [2.45, 2.75) is 50.2 Å². The molecule has 5 heteroatoms. The van der Waals surface area contributed by atoms with Gasteiger partial charge in [0.15, 0.2) is 0 Å². The molecule has 1 atom stereocenters. The van der Waals surface area contributed by atoms with Crippen LogP contribution in [0.1, 0.15) is 37.7 Å². The summed E-state index contributed by atoms with van der Waals surface area (Å²) in [6.45, 7) is 0.273. The zero-order chi connectivity index (χ0) is 15.3. The fourth-order valence-corrected chi connectivity index (χ4v) is 2.75. The second-order valence-electron chi connectivity index (χ2n) is 5.98. The molecule has 21 heavy (non-hydrogen) atoms. The first-order valence-electron chi connectivity index (χ1n) is 7.52. The summed E-state index contributed by atoms with van der Waals surface area (Å²) in [5.41, 5.74) is 6.01. The molecule has 5 nitrogen and oxygen atoms in total. The minimum atomic E-state index is -0.772. The molecule has 0 spiro atoms. The first kappa shape index (κ1) is 15.8. The van der Waals surface area contributed by atoms with E-state index in [1.165, 1.54) is 0 Å². The summed E-state index contributed by atoms with van der Waals surface area (Å²) in [4.78, 5) is 12.0. The van der Waals surface area contributed by atoms with Gasteiger partial charge in [-0.05, 0) is 37.0 Å². The highest BCUT2D eigenvalue weighted by atomic mass is 16.3. The lowest BCUT2D eigenvalue weighted by Crippen LogP contribution is -2.49. The van der Waals surface area contributed by atoms with Gasteiger partial charge in [0.2, 0.25) is 5.91 Å². The van der Waals surface area contributed by atoms with E-state index >= 15 is 0 Å². The molecule has 1 aromatic rings. The fraction of sp³-hybridized carbons (Fsp3) is 0.562. The molecule has 1 aromatic carbocycles. The zero-order valence-corrected chi connectivity index (χ0v) is 12.2. The number of aromatic hydroxyl groups is 1. The normalized spacial score (nSPS) is 19.0. The Labute approximate surface area is 125 Å². The molecule has 0 aromatic heterocycles. The SMILES string of the molecule is N[C@@H](Cc1ccc(O)cc1)C(=O)NCC1(O)CCCCC1. The summed E-state index contributed by atoms with van der Waals surface area (Å²) in [6.07, 6.45) is 5.04. The lowest BCUT2D eigenvalue weighted by atomic mass is 9.85. The van der Waals surface area contributed by atoms with Gasteiger partial charge in [-0.3, -0.25) is 4.79 Å². The summed E-state index contributed by atoms with van der Waals surface area (Å²) in [5, 5.41) is 22.3. The van der Waals surface area contributed by atoms with Crippen LogP contribution in [-0.4, -0.2) is 34.3 Å². The molecule has 1 saturated carbocycles. The summed E-state index contributed by atoms with van der Waals surface area (Å²) in [5.74, 6) is -0.0571. The number of carbonyl (C=O) groups is 1. The molecular weight excluding hydrogens is 268 g/mol. The average Bonchev–Trinajstić information content (AvgIpc) is 2.48. The largest absolute Gasteiger partial charge is 0.508 e. The highest BCUT2D eigenvalue weighted by Crippen LogP contribution is 2.27. The molecule has 1 aliphatic carbocycles. The third kappa shape index (κ3) is 4.72. The Morgan fingerprint density at radius 3 is 2.48 bits per heavy atom. The molecule has 1 fully saturated rings. The molecule has 0 saturated heterocycles. The van der Waals surface area contributed by atoms with E-state index in [0.29, 0.717) is 6.42 Å². The van der Waals surface area contributed by atoms with Crippen molar-refractivity contribution in [3.05, 3.63) is 29.8 Å². The van der Waals surface area contributed by atoms with Crippen molar-refractivity contribution in [2.24, 2.45) is 5.73 Å². The number of aliphatic hydroxyl groups is 1. The van der Waals surface area contributed by atoms with Crippen molar-refractivity contribution in [3.8, 4) is 5.75 Å². The van der Waals surface area contributed by atoms with Crippen LogP contribution in [0.3, 0.4) is 0 Å². The van der Waals surface area contributed by atoms with Gasteiger partial charge in [-0.15, -0.1) is 0 Å². The van der Waals surface area contributed by atoms with E-state index in [-0.39, 0.29) is 18.2 Å². The van der Waals surface area contributed by atoms with Gasteiger partial charge in [-0.1, -0.05) is 31.4 Å². The molecule has 0 bridgehead atoms. The molecule has 1 aliphatic rings. The van der Waals surface area contributed by atoms with E-state index in [4.69, 9.17) is 5.73 Å². The number of phenolic OH excluding ortho intramolecular Hbond substituents is 1. The zero-order valence-electron chi connectivity index (χ0n) is 12.2. The molecule has 1 amide bonds. The van der Waals surface area contributed by atoms with Crippen LogP contribution in [0.4, 0.5) is 0 Å². The highest BCUT2D eigenvalue weighted by Gasteiger charge is 2.30. The van der Waals surface area contributed by atoms with E-state index in [1.807, 2.05) is 0 Å². The van der Waals surface area contributed by atoms with Crippen LogP contribution in [0, 0.1) is 0 Å². The minimum Gasteiger partial charge on any atom is -0.508 e. The van der Waals surface area contributed by atoms with Crippen LogP contribution in [0.15, 0.2) is 24.3 Å². The smallest absolute Gasteiger partial charge is 0.237 e. The van der Waals surface area contributed by atoms with Crippen LogP contribution < -0.4 is 11.1 Å². The Balaban J connectivity index is 1.80. The topological polar surface area (TPSA) is 95.6 Å². The Kier molecular flexibility index (Phi) is 5.20. The van der Waals surface area contributed by atoms with E-state index in [2.05, 4.69) is 5.32 Å². The van der Waals surface area contributed by atoms with Crippen molar-refractivity contribution in [3.63, 3.8) is 0 Å². The Bertz CT molecular complexity index is 467. The van der Waals surface area contributed by atoms with Gasteiger partial charge in [0.1, 0.15) is 5.75 Å². The lowest BCUT2D eigenvalue weighted by Gasteiger charge is -2.32. The number of carbonyl (C=O) groups excluding carboxylic acids is 1. The second kappa shape index (κ2) is 6.91. The first-order chi connectivity index (χ1) is 9.98. The van der Waals surface area contributed by atoms with Gasteiger partial charge in [0.25, 0.3) is 0 Å². The van der Waals surface area contributed by atoms with Crippen LogP contribution in [0.2, 0.25) is 0 Å². The van der Waals surface area contributed by atoms with E-state index in [9.17, 15) is 15.0 Å². The molecular formula is C16H24N2O3. The van der Waals surface area contributed by atoms with Crippen molar-refractivity contribution >= 4 is 5.91 Å². The monoisotopic (exact) mass is 292 g/mol. The molecule has 0 unspecified atom stereocenters. The molecule has 0 radical (unpaired) electrons. The summed E-state index contributed by atoms with van der Waals surface area (Å²) in [6, 6.07) is 5.99. The number of phenols is 1. The third-order valence-corrected chi connectivity index (χ3v) is 4.10. The standard InChI is InChI=1S/C16H24N2O3/c17-14(10-12-4-6-13(19)7-5-12)15(20)18-11-16(21)8-2-1-3-9-16/h4-7,14,19,21H,1-3,8-11,17H2,(H,18,20)/t14-/m0/s1. The number of hydrogen-bond acceptors (Lipinski definition) is 4. The lowest BCUT2D eigenvalue weighted by molar-refractivity contribution is -0.124. The maximum atomic E-state index is 12.0. The van der Waals surface area contributed by atoms with Gasteiger partial charge in [0.05, 0.1) is 11.6 Å². The Hall–Kier alpha value is -1.59. The van der Waals surface area contributed by atoms with Gasteiger partial charge < -0.3 is 21.3 Å². The van der Waals surface area contributed by atoms with E-state index in [0.717, 1.165) is 37.7 Å². The minimum absolute atomic E-state index is 0.191. The number of hydrogen-bond donors (Lipinski definition) is 4. The van der Waals surface area contributed by atoms with Gasteiger partial charge in [0, 0.05) is 6.54 Å². The van der Waals surface area contributed by atoms with Crippen LogP contribution in [0.25, 0.3) is 0 Å². The quantitative estimate of drug-likeness (QED) is 0.653. The first-order valence-corrected chi connectivity index (χ1v) is 7.52. The summed E-state index contributed by atoms with van der Waals surface area (Å²) < 4.78 is 0. The maximum absolute atomic E-state index is 12.0. The number of amides is 1. The predicted octanol–water partition coefficient (Wildman–Crippen LogP) is 1.07. The van der Waals surface area contributed by atoms with Crippen LogP contribution >= 0.6 is 0 Å². The number of nitrogens with two attached hydrogens (primary N) is 1. The molecule has 5 N–H and O–H groups in total. The highest BCUT2D eigenvalue weighted by molar-refractivity contribution is 5.81. The molecule has 0 aliphatic heterocycles. The summed E-state index contributed by atoms with van der Waals surface area (Å²) in [7, 11) is 0. The summed E-state index contributed by atoms with van der Waals surface area (Å²) >= 11 is 0. The van der Waals surface area contributed by atoms with Crippen molar-refractivity contribution < 1.29 is 15.0 Å². The van der Waals surface area contributed by atoms with Gasteiger partial charge in [-0.2, -0.15) is 0 Å². The Morgan fingerprint density at radius 2 is 1.86 bits per heavy atom. The number of benzene rings is 1. The third-order valence-electron chi connectivity index (χ3n) is 4.10. The van der Waals surface area contributed by atoms with Crippen molar-refractivity contribution in [1.29, 1.82) is 0 Å². The second-order valence-corrected chi connectivity index (χ2v) is 5.98. The average molecular weight is 292 g/mol. The van der Waals surface area contributed by atoms with E-state index < -0.39 is 11.6 Å². The fourth-order valence-electron chi connectivity index (χ4n) is 2.75. The van der Waals surface area contributed by atoms with Gasteiger partial charge >= 0.3 is 0 Å². The number of rotatable bonds is 5. The van der Waals surface area contributed by atoms with Crippen molar-refractivity contribution in [1.82, 2.24) is 5.32 Å². The van der Waals surface area contributed by atoms with E-state index in [1.54, 1.807) is 24.3 Å². The molecule has 2 rings (SSSR count). The molecule has 0 heterocycles. The molecule has 116 valence electrons. The number of nitrogens with one attached hydrogen (secondary N) is 1. The van der Waals surface area contributed by atoms with Crippen LogP contribution in [-0.2, 0) is 11.2 Å².